The van der Waals surface area contributed by atoms with Crippen LogP contribution < -0.4 is 0 Å². The molecule has 172 valence electrons. The summed E-state index contributed by atoms with van der Waals surface area (Å²) in [6.45, 7) is 5.66. The molecule has 3 heteroatoms. The topological polar surface area (TPSA) is 26.7 Å². The quantitative estimate of drug-likeness (QED) is 0.533. The Morgan fingerprint density at radius 1 is 0.806 bits per heavy atom. The molecule has 5 aliphatic heterocycles. The molecule has 31 heavy (non-hydrogen) atoms. The number of hydrogen-bond donors (Lipinski definition) is 1. The summed E-state index contributed by atoms with van der Waals surface area (Å²) in [6, 6.07) is 0.565. The third-order valence-corrected chi connectivity index (χ3v) is 8.99. The number of fused-ring (bicyclic) bond motifs is 1. The third kappa shape index (κ3) is 4.48. The fraction of sp³-hybridized carbons (Fsp3) is 0.786. The van der Waals surface area contributed by atoms with Gasteiger partial charge in [0.05, 0.1) is 6.10 Å². The van der Waals surface area contributed by atoms with Crippen molar-refractivity contribution in [2.75, 3.05) is 32.7 Å². The van der Waals surface area contributed by atoms with Gasteiger partial charge in [0.2, 0.25) is 0 Å². The Hall–Kier alpha value is -0.900. The number of hydrogen-bond acceptors (Lipinski definition) is 3. The summed E-state index contributed by atoms with van der Waals surface area (Å²) in [5, 5.41) is 11.5. The second-order valence-electron chi connectivity index (χ2n) is 11.1. The summed E-state index contributed by atoms with van der Waals surface area (Å²) in [5.41, 5.74) is 1.98. The molecule has 0 amide bonds. The van der Waals surface area contributed by atoms with Crippen molar-refractivity contribution in [2.45, 2.75) is 89.2 Å². The van der Waals surface area contributed by atoms with E-state index in [2.05, 4.69) is 40.2 Å². The number of nitrogens with zero attached hydrogens (tertiary/aromatic N) is 2. The normalized spacial score (nSPS) is 44.1. The first-order valence-corrected chi connectivity index (χ1v) is 13.4. The van der Waals surface area contributed by atoms with E-state index in [1.165, 1.54) is 96.7 Å². The van der Waals surface area contributed by atoms with E-state index in [9.17, 15) is 5.11 Å². The number of allylic oxidation sites excluding steroid dienone is 4. The fourth-order valence-corrected chi connectivity index (χ4v) is 7.90. The summed E-state index contributed by atoms with van der Waals surface area (Å²) in [7, 11) is 0. The van der Waals surface area contributed by atoms with E-state index < -0.39 is 0 Å². The molecule has 1 spiro atoms. The molecular weight excluding hydrogens is 380 g/mol. The minimum Gasteiger partial charge on any atom is -0.391 e. The first-order chi connectivity index (χ1) is 15.3. The molecule has 5 heterocycles. The summed E-state index contributed by atoms with van der Waals surface area (Å²) in [4.78, 5) is 5.53. The van der Waals surface area contributed by atoms with Crippen LogP contribution in [0, 0.1) is 17.3 Å². The van der Waals surface area contributed by atoms with Gasteiger partial charge in [-0.2, -0.15) is 0 Å². The van der Waals surface area contributed by atoms with Gasteiger partial charge in [-0.05, 0) is 89.6 Å². The Morgan fingerprint density at radius 3 is 2.45 bits per heavy atom. The second-order valence-corrected chi connectivity index (χ2v) is 11.1. The maximum absolute atomic E-state index is 11.5. The lowest BCUT2D eigenvalue weighted by Gasteiger charge is -2.65. The van der Waals surface area contributed by atoms with Gasteiger partial charge in [-0.25, -0.2) is 0 Å². The average molecular weight is 425 g/mol. The molecule has 0 saturated carbocycles. The van der Waals surface area contributed by atoms with E-state index in [-0.39, 0.29) is 11.5 Å². The Labute approximate surface area is 190 Å². The van der Waals surface area contributed by atoms with Gasteiger partial charge in [0.1, 0.15) is 0 Å². The van der Waals surface area contributed by atoms with Crippen molar-refractivity contribution in [3.8, 4) is 0 Å². The molecule has 0 aromatic rings. The van der Waals surface area contributed by atoms with Gasteiger partial charge in [0, 0.05) is 37.0 Å². The molecule has 6 aliphatic rings. The van der Waals surface area contributed by atoms with Gasteiger partial charge >= 0.3 is 0 Å². The highest BCUT2D eigenvalue weighted by atomic mass is 16.3. The van der Waals surface area contributed by atoms with Gasteiger partial charge in [-0.1, -0.05) is 42.4 Å². The van der Waals surface area contributed by atoms with Gasteiger partial charge in [-0.3, -0.25) is 4.90 Å². The molecule has 0 aromatic carbocycles. The lowest BCUT2D eigenvalue weighted by molar-refractivity contribution is -0.160. The molecule has 2 fully saturated rings. The Morgan fingerprint density at radius 2 is 1.58 bits per heavy atom. The second kappa shape index (κ2) is 9.93. The molecule has 1 aliphatic carbocycles. The molecule has 1 N–H and O–H groups in total. The third-order valence-electron chi connectivity index (χ3n) is 8.99. The molecule has 7 atom stereocenters. The maximum Gasteiger partial charge on any atom is 0.0707 e. The first kappa shape index (κ1) is 21.9. The predicted molar refractivity (Wildman–Crippen MR) is 129 cm³/mol. The van der Waals surface area contributed by atoms with Gasteiger partial charge in [-0.15, -0.1) is 0 Å². The van der Waals surface area contributed by atoms with Crippen molar-refractivity contribution >= 4 is 0 Å². The van der Waals surface area contributed by atoms with Crippen LogP contribution in [-0.2, 0) is 0 Å². The monoisotopic (exact) mass is 424 g/mol. The van der Waals surface area contributed by atoms with Gasteiger partial charge < -0.3 is 10.0 Å². The van der Waals surface area contributed by atoms with Gasteiger partial charge in [0.25, 0.3) is 0 Å². The van der Waals surface area contributed by atoms with Crippen molar-refractivity contribution in [3.05, 3.63) is 36.0 Å². The highest BCUT2D eigenvalue weighted by molar-refractivity contribution is 5.31. The highest BCUT2D eigenvalue weighted by Crippen LogP contribution is 2.57. The summed E-state index contributed by atoms with van der Waals surface area (Å²) in [6.07, 6.45) is 27.5. The van der Waals surface area contributed by atoms with Crippen LogP contribution in [0.1, 0.15) is 77.0 Å². The molecule has 3 nitrogen and oxygen atoms in total. The standard InChI is InChI=1S/C28H44N2O/c31-25-21-29-17-13-9-5-2-1-3-7-11-15-23-19-24-20-30-18-14-10-6-4-8-12-16-28(22-29,26(24)25)27(23)30/h2,4-5,8,19,24-27,31H,1,3,6-7,9-18,20-22H2/t24-,25-,26+,27-,28-/m1/s1. The molecule has 6 bridgehead atoms. The van der Waals surface area contributed by atoms with Gasteiger partial charge in [0.15, 0.2) is 0 Å². The zero-order chi connectivity index (χ0) is 21.1. The number of piperidine rings is 2. The van der Waals surface area contributed by atoms with Crippen LogP contribution in [0.4, 0.5) is 0 Å². The first-order valence-electron chi connectivity index (χ1n) is 13.4. The van der Waals surface area contributed by atoms with Crippen molar-refractivity contribution in [2.24, 2.45) is 17.3 Å². The maximum atomic E-state index is 11.5. The van der Waals surface area contributed by atoms with E-state index in [1.54, 1.807) is 5.57 Å². The minimum absolute atomic E-state index is 0.165. The zero-order valence-electron chi connectivity index (χ0n) is 19.6. The molecule has 2 unspecified atom stereocenters. The number of aliphatic hydroxyl groups excluding tert-OH is 1. The largest absolute Gasteiger partial charge is 0.391 e. The average Bonchev–Trinajstić information content (AvgIpc) is 2.78. The van der Waals surface area contributed by atoms with Crippen molar-refractivity contribution in [1.29, 1.82) is 0 Å². The molecule has 2 saturated heterocycles. The number of rotatable bonds is 0. The van der Waals surface area contributed by atoms with E-state index in [0.29, 0.717) is 17.9 Å². The van der Waals surface area contributed by atoms with Crippen LogP contribution >= 0.6 is 0 Å². The SMILES string of the molecule is O[C@@H]1CN2CCCC=CCCCCCC3=C[C@@H]4CN5CCCCC=CCC[C@@](C2)([C@H]14)[C@@H]35. The Kier molecular flexibility index (Phi) is 7.02. The summed E-state index contributed by atoms with van der Waals surface area (Å²) < 4.78 is 0. The van der Waals surface area contributed by atoms with Crippen LogP contribution in [0.25, 0.3) is 0 Å². The van der Waals surface area contributed by atoms with E-state index in [0.717, 1.165) is 13.1 Å². The van der Waals surface area contributed by atoms with Crippen LogP contribution in [0.3, 0.4) is 0 Å². The van der Waals surface area contributed by atoms with Crippen molar-refractivity contribution in [3.63, 3.8) is 0 Å². The Bertz CT molecular complexity index is 697. The number of aliphatic hydroxyl groups is 1. The lowest BCUT2D eigenvalue weighted by atomic mass is 9.51. The van der Waals surface area contributed by atoms with E-state index in [1.807, 2.05) is 0 Å². The molecule has 0 radical (unpaired) electrons. The Balaban J connectivity index is 1.51. The van der Waals surface area contributed by atoms with E-state index >= 15 is 0 Å². The van der Waals surface area contributed by atoms with Crippen LogP contribution in [0.5, 0.6) is 0 Å². The summed E-state index contributed by atoms with van der Waals surface area (Å²) >= 11 is 0. The minimum atomic E-state index is -0.165. The van der Waals surface area contributed by atoms with Crippen LogP contribution in [0.2, 0.25) is 0 Å². The van der Waals surface area contributed by atoms with Crippen LogP contribution in [-0.4, -0.2) is 59.8 Å². The van der Waals surface area contributed by atoms with E-state index in [4.69, 9.17) is 0 Å². The van der Waals surface area contributed by atoms with Crippen LogP contribution in [0.15, 0.2) is 36.0 Å². The molecule has 0 aromatic heterocycles. The highest BCUT2D eigenvalue weighted by Gasteiger charge is 2.61. The van der Waals surface area contributed by atoms with Crippen molar-refractivity contribution in [1.82, 2.24) is 9.80 Å². The zero-order valence-corrected chi connectivity index (χ0v) is 19.6. The smallest absolute Gasteiger partial charge is 0.0707 e. The lowest BCUT2D eigenvalue weighted by Crippen LogP contribution is -2.72. The molecule has 6 rings (SSSR count). The predicted octanol–water partition coefficient (Wildman–Crippen LogP) is 5.33. The summed E-state index contributed by atoms with van der Waals surface area (Å²) in [5.74, 6) is 1.01. The molecular formula is C28H44N2O. The fourth-order valence-electron chi connectivity index (χ4n) is 7.90. The van der Waals surface area contributed by atoms with Crippen molar-refractivity contribution < 1.29 is 5.11 Å².